The number of halogens is 1. The van der Waals surface area contributed by atoms with Crippen LogP contribution in [0.1, 0.15) is 20.9 Å². The van der Waals surface area contributed by atoms with E-state index in [4.69, 9.17) is 11.6 Å². The molecule has 0 aliphatic heterocycles. The first-order valence-electron chi connectivity index (χ1n) is 5.58. The van der Waals surface area contributed by atoms with Gasteiger partial charge in [0.1, 0.15) is 0 Å². The number of hydrogen-bond donors (Lipinski definition) is 1. The second-order valence-electron chi connectivity index (χ2n) is 4.04. The first-order valence-corrected chi connectivity index (χ1v) is 6.77. The Morgan fingerprint density at radius 1 is 1.45 bits per heavy atom. The van der Waals surface area contributed by atoms with E-state index in [1.807, 2.05) is 13.8 Å². The van der Waals surface area contributed by atoms with Crippen LogP contribution in [-0.2, 0) is 0 Å². The Morgan fingerprint density at radius 3 is 2.70 bits per heavy atom. The van der Waals surface area contributed by atoms with Gasteiger partial charge in [-0.2, -0.15) is 0 Å². The van der Waals surface area contributed by atoms with Crippen LogP contribution in [0.3, 0.4) is 0 Å². The molecule has 0 aliphatic rings. The average molecular weight is 312 g/mol. The summed E-state index contributed by atoms with van der Waals surface area (Å²) >= 11 is 7.23. The fourth-order valence-corrected chi connectivity index (χ4v) is 2.50. The first kappa shape index (κ1) is 14.4. The van der Waals surface area contributed by atoms with E-state index in [1.54, 1.807) is 0 Å². The zero-order chi connectivity index (χ0) is 14.9. The first-order chi connectivity index (χ1) is 9.38. The molecule has 104 valence electrons. The van der Waals surface area contributed by atoms with Crippen LogP contribution in [-0.4, -0.2) is 15.8 Å². The molecule has 0 saturated heterocycles. The van der Waals surface area contributed by atoms with E-state index in [1.165, 1.54) is 23.5 Å². The molecule has 0 spiro atoms. The number of thiazole rings is 1. The molecule has 0 fully saturated rings. The molecule has 2 rings (SSSR count). The molecule has 0 saturated carbocycles. The molecule has 8 heteroatoms. The highest BCUT2D eigenvalue weighted by atomic mass is 35.5. The molecule has 1 amide bonds. The zero-order valence-corrected chi connectivity index (χ0v) is 12.2. The maximum atomic E-state index is 12.1. The van der Waals surface area contributed by atoms with E-state index in [2.05, 4.69) is 10.3 Å². The molecule has 0 bridgehead atoms. The maximum absolute atomic E-state index is 12.1. The van der Waals surface area contributed by atoms with Gasteiger partial charge in [0.2, 0.25) is 0 Å². The molecule has 0 radical (unpaired) electrons. The van der Waals surface area contributed by atoms with Crippen molar-refractivity contribution in [3.8, 4) is 0 Å². The number of nitro groups is 1. The molecule has 1 aromatic carbocycles. The predicted octanol–water partition coefficient (Wildman–Crippen LogP) is 3.57. The molecular weight excluding hydrogens is 302 g/mol. The van der Waals surface area contributed by atoms with E-state index >= 15 is 0 Å². The van der Waals surface area contributed by atoms with Crippen molar-refractivity contribution in [1.82, 2.24) is 4.98 Å². The van der Waals surface area contributed by atoms with Gasteiger partial charge in [-0.05, 0) is 19.9 Å². The minimum Gasteiger partial charge on any atom is -0.298 e. The van der Waals surface area contributed by atoms with E-state index < -0.39 is 10.8 Å². The van der Waals surface area contributed by atoms with Crippen molar-refractivity contribution in [3.63, 3.8) is 0 Å². The Bertz CT molecular complexity index is 680. The van der Waals surface area contributed by atoms with Gasteiger partial charge in [-0.3, -0.25) is 20.2 Å². The average Bonchev–Trinajstić information content (AvgIpc) is 2.68. The van der Waals surface area contributed by atoms with Gasteiger partial charge >= 0.3 is 0 Å². The van der Waals surface area contributed by atoms with Crippen LogP contribution in [0.15, 0.2) is 18.2 Å². The molecule has 6 nitrogen and oxygen atoms in total. The number of amides is 1. The largest absolute Gasteiger partial charge is 0.298 e. The number of nitrogens with one attached hydrogen (secondary N) is 1. The van der Waals surface area contributed by atoms with Gasteiger partial charge in [-0.25, -0.2) is 4.98 Å². The highest BCUT2D eigenvalue weighted by Crippen LogP contribution is 2.25. The van der Waals surface area contributed by atoms with Gasteiger partial charge < -0.3 is 0 Å². The summed E-state index contributed by atoms with van der Waals surface area (Å²) in [5, 5.41) is 13.9. The van der Waals surface area contributed by atoms with Crippen LogP contribution in [0, 0.1) is 24.0 Å². The summed E-state index contributed by atoms with van der Waals surface area (Å²) in [4.78, 5) is 27.4. The van der Waals surface area contributed by atoms with Crippen LogP contribution in [0.4, 0.5) is 10.8 Å². The Balaban J connectivity index is 2.29. The monoisotopic (exact) mass is 311 g/mol. The molecule has 1 aromatic heterocycles. The molecule has 0 atom stereocenters. The zero-order valence-electron chi connectivity index (χ0n) is 10.6. The van der Waals surface area contributed by atoms with Crippen LogP contribution < -0.4 is 5.32 Å². The lowest BCUT2D eigenvalue weighted by Crippen LogP contribution is -2.12. The fraction of sp³-hybridized carbons (Fsp3) is 0.167. The highest BCUT2D eigenvalue weighted by molar-refractivity contribution is 7.15. The van der Waals surface area contributed by atoms with Gasteiger partial charge in [0.25, 0.3) is 11.6 Å². The Kier molecular flexibility index (Phi) is 4.01. The summed E-state index contributed by atoms with van der Waals surface area (Å²) in [6.45, 7) is 3.73. The summed E-state index contributed by atoms with van der Waals surface area (Å²) < 4.78 is 0. The van der Waals surface area contributed by atoms with Crippen LogP contribution in [0.5, 0.6) is 0 Å². The van der Waals surface area contributed by atoms with Crippen LogP contribution >= 0.6 is 22.9 Å². The smallest absolute Gasteiger partial charge is 0.270 e. The fourth-order valence-electron chi connectivity index (χ4n) is 1.49. The number of anilines is 1. The minimum atomic E-state index is -0.579. The van der Waals surface area contributed by atoms with Crippen molar-refractivity contribution in [2.24, 2.45) is 0 Å². The summed E-state index contributed by atoms with van der Waals surface area (Å²) in [5.41, 5.74) is 0.688. The quantitative estimate of drug-likeness (QED) is 0.693. The van der Waals surface area contributed by atoms with E-state index in [0.29, 0.717) is 5.13 Å². The molecule has 2 aromatic rings. The standard InChI is InChI=1S/C12H10ClN3O3S/c1-6-7(2)20-12(14-6)15-11(17)9-5-8(16(18)19)3-4-10(9)13/h3-5H,1-2H3,(H,14,15,17). The molecule has 0 unspecified atom stereocenters. The number of rotatable bonds is 3. The lowest BCUT2D eigenvalue weighted by Gasteiger charge is -2.03. The molecule has 20 heavy (non-hydrogen) atoms. The number of carbonyl (C=O) groups excluding carboxylic acids is 1. The summed E-state index contributed by atoms with van der Waals surface area (Å²) in [6, 6.07) is 3.72. The Morgan fingerprint density at radius 2 is 2.15 bits per heavy atom. The van der Waals surface area contributed by atoms with Gasteiger partial charge in [0, 0.05) is 17.0 Å². The summed E-state index contributed by atoms with van der Waals surface area (Å²) in [7, 11) is 0. The number of aromatic nitrogens is 1. The van der Waals surface area contributed by atoms with E-state index in [0.717, 1.165) is 16.6 Å². The van der Waals surface area contributed by atoms with Gasteiger partial charge in [-0.15, -0.1) is 11.3 Å². The summed E-state index contributed by atoms with van der Waals surface area (Å²) in [5.74, 6) is -0.521. The van der Waals surface area contributed by atoms with Gasteiger partial charge in [0.15, 0.2) is 5.13 Å². The molecular formula is C12H10ClN3O3S. The van der Waals surface area contributed by atoms with Crippen molar-refractivity contribution in [3.05, 3.63) is 49.5 Å². The van der Waals surface area contributed by atoms with E-state index in [-0.39, 0.29) is 16.3 Å². The number of aryl methyl sites for hydroxylation is 2. The predicted molar refractivity (Wildman–Crippen MR) is 77.6 cm³/mol. The Labute approximate surface area is 123 Å². The molecule has 1 N–H and O–H groups in total. The molecule has 0 aliphatic carbocycles. The van der Waals surface area contributed by atoms with Crippen molar-refractivity contribution in [2.75, 3.05) is 5.32 Å². The maximum Gasteiger partial charge on any atom is 0.270 e. The summed E-state index contributed by atoms with van der Waals surface area (Å²) in [6.07, 6.45) is 0. The van der Waals surface area contributed by atoms with E-state index in [9.17, 15) is 14.9 Å². The van der Waals surface area contributed by atoms with Gasteiger partial charge in [-0.1, -0.05) is 11.6 Å². The second kappa shape index (κ2) is 5.56. The molecule has 1 heterocycles. The van der Waals surface area contributed by atoms with Crippen molar-refractivity contribution < 1.29 is 9.72 Å². The number of benzene rings is 1. The third kappa shape index (κ3) is 2.94. The normalized spacial score (nSPS) is 10.3. The SMILES string of the molecule is Cc1nc(NC(=O)c2cc([N+](=O)[O-])ccc2Cl)sc1C. The third-order valence-corrected chi connectivity index (χ3v) is 3.97. The topological polar surface area (TPSA) is 85.1 Å². The third-order valence-electron chi connectivity index (χ3n) is 2.65. The van der Waals surface area contributed by atoms with Gasteiger partial charge in [0.05, 0.1) is 21.2 Å². The van der Waals surface area contributed by atoms with Crippen molar-refractivity contribution in [2.45, 2.75) is 13.8 Å². The van der Waals surface area contributed by atoms with Crippen LogP contribution in [0.25, 0.3) is 0 Å². The number of nitro benzene ring substituents is 1. The lowest BCUT2D eigenvalue weighted by atomic mass is 10.2. The van der Waals surface area contributed by atoms with Crippen LogP contribution in [0.2, 0.25) is 5.02 Å². The van der Waals surface area contributed by atoms with Crippen molar-refractivity contribution in [1.29, 1.82) is 0 Å². The lowest BCUT2D eigenvalue weighted by molar-refractivity contribution is -0.384. The Hall–Kier alpha value is -1.99. The number of carbonyl (C=O) groups is 1. The second-order valence-corrected chi connectivity index (χ2v) is 5.65. The highest BCUT2D eigenvalue weighted by Gasteiger charge is 2.17. The minimum absolute atomic E-state index is 0.0476. The number of non-ortho nitro benzene ring substituents is 1. The number of nitrogens with zero attached hydrogens (tertiary/aromatic N) is 2. The van der Waals surface area contributed by atoms with Crippen molar-refractivity contribution >= 4 is 39.7 Å². The number of hydrogen-bond acceptors (Lipinski definition) is 5.